The molecule has 1 aliphatic heterocycles. The van der Waals surface area contributed by atoms with Crippen LogP contribution in [0.25, 0.3) is 22.3 Å². The van der Waals surface area contributed by atoms with E-state index in [9.17, 15) is 5.11 Å². The number of nitrogens with zero attached hydrogens (tertiary/aromatic N) is 6. The van der Waals surface area contributed by atoms with Crippen molar-refractivity contribution in [3.8, 4) is 22.8 Å². The van der Waals surface area contributed by atoms with Crippen molar-refractivity contribution >= 4 is 34.0 Å². The zero-order valence-electron chi connectivity index (χ0n) is 22.0. The van der Waals surface area contributed by atoms with E-state index in [0.717, 1.165) is 66.0 Å². The van der Waals surface area contributed by atoms with Gasteiger partial charge in [-0.1, -0.05) is 11.6 Å². The van der Waals surface area contributed by atoms with Crippen LogP contribution < -0.4 is 14.4 Å². The molecule has 2 aromatic heterocycles. The van der Waals surface area contributed by atoms with Gasteiger partial charge in [-0.05, 0) is 44.0 Å². The first-order valence-corrected chi connectivity index (χ1v) is 13.2. The number of aryl methyl sites for hydroxylation is 1. The van der Waals surface area contributed by atoms with E-state index < -0.39 is 0 Å². The molecule has 9 nitrogen and oxygen atoms in total. The zero-order chi connectivity index (χ0) is 26.6. The summed E-state index contributed by atoms with van der Waals surface area (Å²) in [5, 5.41) is 14.5. The van der Waals surface area contributed by atoms with Crippen molar-refractivity contribution in [1.82, 2.24) is 24.6 Å². The van der Waals surface area contributed by atoms with Crippen molar-refractivity contribution in [3.63, 3.8) is 0 Å². The lowest BCUT2D eigenvalue weighted by atomic mass is 10.1. The van der Waals surface area contributed by atoms with Crippen LogP contribution in [0.15, 0.2) is 48.9 Å². The molecule has 3 heterocycles. The maximum absolute atomic E-state index is 9.74. The van der Waals surface area contributed by atoms with Gasteiger partial charge in [-0.3, -0.25) is 14.6 Å². The molecular formula is C28H33ClN6O3. The minimum Gasteiger partial charge on any atom is -0.497 e. The molecule has 200 valence electrons. The van der Waals surface area contributed by atoms with Gasteiger partial charge in [0.25, 0.3) is 0 Å². The van der Waals surface area contributed by atoms with Gasteiger partial charge in [0, 0.05) is 55.8 Å². The van der Waals surface area contributed by atoms with E-state index in [-0.39, 0.29) is 12.6 Å². The number of aromatic nitrogens is 4. The van der Waals surface area contributed by atoms with Crippen molar-refractivity contribution in [3.05, 3.63) is 53.9 Å². The minimum atomic E-state index is 0.200. The number of aliphatic hydroxyl groups excluding tert-OH is 1. The summed E-state index contributed by atoms with van der Waals surface area (Å²) in [6.45, 7) is 2.80. The van der Waals surface area contributed by atoms with E-state index >= 15 is 0 Å². The number of benzene rings is 2. The molecule has 0 saturated carbocycles. The summed E-state index contributed by atoms with van der Waals surface area (Å²) in [6.07, 6.45) is 8.52. The molecule has 5 rings (SSSR count). The maximum atomic E-state index is 9.74. The van der Waals surface area contributed by atoms with Crippen LogP contribution in [0.2, 0.25) is 5.02 Å². The first-order valence-electron chi connectivity index (χ1n) is 12.8. The summed E-state index contributed by atoms with van der Waals surface area (Å²) in [7, 11) is 5.11. The van der Waals surface area contributed by atoms with Crippen LogP contribution in [0.1, 0.15) is 19.3 Å². The molecule has 0 aliphatic carbocycles. The SMILES string of the molecule is COc1cc(OC)c(Cl)c(N(CCCN2CCC[C@H]2CO)c2ccc3ncc(-c4cnn(C)c4)nc3c2)c1. The second-order valence-electron chi connectivity index (χ2n) is 9.51. The van der Waals surface area contributed by atoms with Gasteiger partial charge in [0.15, 0.2) is 0 Å². The molecular weight excluding hydrogens is 504 g/mol. The third-order valence-electron chi connectivity index (χ3n) is 7.11. The van der Waals surface area contributed by atoms with Gasteiger partial charge in [-0.2, -0.15) is 5.10 Å². The second kappa shape index (κ2) is 11.6. The zero-order valence-corrected chi connectivity index (χ0v) is 22.7. The minimum absolute atomic E-state index is 0.200. The van der Waals surface area contributed by atoms with Crippen LogP contribution in [0.3, 0.4) is 0 Å². The molecule has 0 amide bonds. The summed E-state index contributed by atoms with van der Waals surface area (Å²) in [6, 6.07) is 10.0. The molecule has 0 spiro atoms. The molecule has 0 radical (unpaired) electrons. The monoisotopic (exact) mass is 536 g/mol. The molecule has 10 heteroatoms. The topological polar surface area (TPSA) is 88.8 Å². The number of ether oxygens (including phenoxy) is 2. The highest BCUT2D eigenvalue weighted by molar-refractivity contribution is 6.35. The van der Waals surface area contributed by atoms with Gasteiger partial charge in [-0.25, -0.2) is 4.98 Å². The lowest BCUT2D eigenvalue weighted by Crippen LogP contribution is -2.34. The average molecular weight is 537 g/mol. The Bertz CT molecular complexity index is 1410. The summed E-state index contributed by atoms with van der Waals surface area (Å²) >= 11 is 6.86. The molecule has 0 bridgehead atoms. The Balaban J connectivity index is 1.52. The van der Waals surface area contributed by atoms with E-state index in [0.29, 0.717) is 23.1 Å². The predicted octanol–water partition coefficient (Wildman–Crippen LogP) is 4.69. The average Bonchev–Trinajstić information content (AvgIpc) is 3.59. The van der Waals surface area contributed by atoms with E-state index in [1.54, 1.807) is 37.4 Å². The van der Waals surface area contributed by atoms with Crippen LogP contribution in [-0.2, 0) is 7.05 Å². The van der Waals surface area contributed by atoms with Crippen molar-refractivity contribution < 1.29 is 14.6 Å². The first-order chi connectivity index (χ1) is 18.5. The van der Waals surface area contributed by atoms with Crippen LogP contribution in [0, 0.1) is 0 Å². The Hall–Kier alpha value is -3.40. The number of anilines is 2. The largest absolute Gasteiger partial charge is 0.497 e. The van der Waals surface area contributed by atoms with E-state index in [1.807, 2.05) is 37.5 Å². The molecule has 2 aromatic carbocycles. The maximum Gasteiger partial charge on any atom is 0.143 e. The van der Waals surface area contributed by atoms with Crippen molar-refractivity contribution in [2.45, 2.75) is 25.3 Å². The fraction of sp³-hybridized carbons (Fsp3) is 0.393. The summed E-state index contributed by atoms with van der Waals surface area (Å²) in [5.41, 5.74) is 4.98. The van der Waals surface area contributed by atoms with E-state index in [2.05, 4.69) is 19.9 Å². The highest BCUT2D eigenvalue weighted by Crippen LogP contribution is 2.42. The first kappa shape index (κ1) is 26.2. The third kappa shape index (κ3) is 5.41. The number of likely N-dealkylation sites (tertiary alicyclic amines) is 1. The van der Waals surface area contributed by atoms with Gasteiger partial charge < -0.3 is 19.5 Å². The molecule has 1 saturated heterocycles. The number of halogens is 1. The summed E-state index contributed by atoms with van der Waals surface area (Å²) in [4.78, 5) is 14.1. The van der Waals surface area contributed by atoms with Gasteiger partial charge in [0.05, 0.1) is 55.6 Å². The van der Waals surface area contributed by atoms with Crippen LogP contribution in [0.4, 0.5) is 11.4 Å². The van der Waals surface area contributed by atoms with E-state index in [1.165, 1.54) is 0 Å². The third-order valence-corrected chi connectivity index (χ3v) is 7.49. The van der Waals surface area contributed by atoms with Crippen LogP contribution in [0.5, 0.6) is 11.5 Å². The van der Waals surface area contributed by atoms with Gasteiger partial charge in [0.1, 0.15) is 16.5 Å². The van der Waals surface area contributed by atoms with Gasteiger partial charge >= 0.3 is 0 Å². The van der Waals surface area contributed by atoms with Crippen molar-refractivity contribution in [2.75, 3.05) is 45.4 Å². The molecule has 1 aliphatic rings. The summed E-state index contributed by atoms with van der Waals surface area (Å²) in [5.74, 6) is 1.20. The number of aliphatic hydroxyl groups is 1. The number of rotatable bonds is 10. The number of hydrogen-bond donors (Lipinski definition) is 1. The number of fused-ring (bicyclic) bond motifs is 1. The van der Waals surface area contributed by atoms with Crippen molar-refractivity contribution in [2.24, 2.45) is 7.05 Å². The van der Waals surface area contributed by atoms with Gasteiger partial charge in [0.2, 0.25) is 0 Å². The fourth-order valence-electron chi connectivity index (χ4n) is 5.10. The Kier molecular flexibility index (Phi) is 7.97. The molecule has 4 aromatic rings. The molecule has 1 atom stereocenters. The second-order valence-corrected chi connectivity index (χ2v) is 9.89. The Morgan fingerprint density at radius 3 is 2.74 bits per heavy atom. The molecule has 1 N–H and O–H groups in total. The molecule has 38 heavy (non-hydrogen) atoms. The number of methoxy groups -OCH3 is 2. The lowest BCUT2D eigenvalue weighted by molar-refractivity contribution is 0.158. The Morgan fingerprint density at radius 1 is 1.13 bits per heavy atom. The standard InChI is InChI=1S/C28H33ClN6O3/c1-33-17-19(15-31-33)25-16-30-23-8-7-20(12-24(23)32-25)35(11-5-10-34-9-4-6-21(34)18-36)26-13-22(37-2)14-27(38-3)28(26)29/h7-8,12-17,21,36H,4-6,9-11,18H2,1-3H3/t21-/m0/s1. The Labute approximate surface area is 227 Å². The summed E-state index contributed by atoms with van der Waals surface area (Å²) < 4.78 is 12.9. The quantitative estimate of drug-likeness (QED) is 0.312. The fourth-order valence-corrected chi connectivity index (χ4v) is 5.39. The lowest BCUT2D eigenvalue weighted by Gasteiger charge is -2.29. The van der Waals surface area contributed by atoms with Gasteiger partial charge in [-0.15, -0.1) is 0 Å². The van der Waals surface area contributed by atoms with Crippen LogP contribution >= 0.6 is 11.6 Å². The van der Waals surface area contributed by atoms with Crippen LogP contribution in [-0.4, -0.2) is 76.3 Å². The predicted molar refractivity (Wildman–Crippen MR) is 150 cm³/mol. The Morgan fingerprint density at radius 2 is 2.00 bits per heavy atom. The smallest absolute Gasteiger partial charge is 0.143 e. The highest BCUT2D eigenvalue weighted by atomic mass is 35.5. The number of hydrogen-bond acceptors (Lipinski definition) is 8. The van der Waals surface area contributed by atoms with E-state index in [4.69, 9.17) is 26.1 Å². The molecule has 1 fully saturated rings. The molecule has 0 unspecified atom stereocenters. The van der Waals surface area contributed by atoms with Crippen molar-refractivity contribution in [1.29, 1.82) is 0 Å². The normalized spacial score (nSPS) is 15.8. The highest BCUT2D eigenvalue weighted by Gasteiger charge is 2.24.